The lowest BCUT2D eigenvalue weighted by Crippen LogP contribution is -2.45. The Morgan fingerprint density at radius 1 is 1.33 bits per heavy atom. The van der Waals surface area contributed by atoms with Crippen LogP contribution in [0.25, 0.3) is 0 Å². The molecule has 1 aromatic rings. The highest BCUT2D eigenvalue weighted by Gasteiger charge is 2.28. The molecule has 0 bridgehead atoms. The Labute approximate surface area is 133 Å². The monoisotopic (exact) mass is 356 g/mol. The van der Waals surface area contributed by atoms with E-state index in [1.54, 1.807) is 24.1 Å². The van der Waals surface area contributed by atoms with Crippen molar-refractivity contribution in [2.45, 2.75) is 33.7 Å². The van der Waals surface area contributed by atoms with Crippen LogP contribution in [0.1, 0.15) is 38.1 Å². The zero-order valence-corrected chi connectivity index (χ0v) is 14.5. The van der Waals surface area contributed by atoms with E-state index in [0.29, 0.717) is 4.47 Å². The van der Waals surface area contributed by atoms with E-state index in [1.807, 2.05) is 27.7 Å². The molecule has 0 heterocycles. The largest absolute Gasteiger partial charge is 0.478 e. The summed E-state index contributed by atoms with van der Waals surface area (Å²) in [6.45, 7) is 8.09. The molecular formula is C15H21BrN2O3. The molecule has 0 spiro atoms. The summed E-state index contributed by atoms with van der Waals surface area (Å²) >= 11 is 3.27. The quantitative estimate of drug-likeness (QED) is 0.858. The van der Waals surface area contributed by atoms with Gasteiger partial charge in [0.15, 0.2) is 0 Å². The van der Waals surface area contributed by atoms with Crippen molar-refractivity contribution >= 4 is 33.6 Å². The SMILES string of the molecule is CC(N(C)C(=O)Nc1c(Br)cccc1C(=O)O)C(C)(C)C. The van der Waals surface area contributed by atoms with Crippen molar-refractivity contribution in [1.29, 1.82) is 0 Å². The minimum Gasteiger partial charge on any atom is -0.478 e. The fourth-order valence-electron chi connectivity index (χ4n) is 1.78. The minimum atomic E-state index is -1.09. The standard InChI is InChI=1S/C15H21BrN2O3/c1-9(15(2,3)4)18(5)14(21)17-12-10(13(19)20)7-6-8-11(12)16/h6-9H,1-5H3,(H,17,21)(H,19,20). The number of carboxylic acids is 1. The van der Waals surface area contributed by atoms with Crippen LogP contribution in [0.4, 0.5) is 10.5 Å². The first-order valence-electron chi connectivity index (χ1n) is 6.61. The molecule has 21 heavy (non-hydrogen) atoms. The highest BCUT2D eigenvalue weighted by Crippen LogP contribution is 2.28. The van der Waals surface area contributed by atoms with Crippen molar-refractivity contribution in [3.8, 4) is 0 Å². The molecule has 0 aliphatic heterocycles. The third kappa shape index (κ3) is 4.20. The van der Waals surface area contributed by atoms with Gasteiger partial charge >= 0.3 is 12.0 Å². The first-order valence-corrected chi connectivity index (χ1v) is 7.40. The second kappa shape index (κ2) is 6.47. The average Bonchev–Trinajstić information content (AvgIpc) is 2.37. The number of amides is 2. The van der Waals surface area contributed by atoms with Crippen molar-refractivity contribution in [1.82, 2.24) is 4.90 Å². The molecule has 0 aliphatic carbocycles. The lowest BCUT2D eigenvalue weighted by atomic mass is 9.87. The highest BCUT2D eigenvalue weighted by molar-refractivity contribution is 9.10. The third-order valence-corrected chi connectivity index (χ3v) is 4.29. The zero-order valence-electron chi connectivity index (χ0n) is 12.9. The van der Waals surface area contributed by atoms with Gasteiger partial charge in [-0.2, -0.15) is 0 Å². The Bertz CT molecular complexity index is 552. The summed E-state index contributed by atoms with van der Waals surface area (Å²) in [5, 5.41) is 11.9. The van der Waals surface area contributed by atoms with Gasteiger partial charge in [0, 0.05) is 17.6 Å². The molecule has 1 unspecified atom stereocenters. The fourth-order valence-corrected chi connectivity index (χ4v) is 2.25. The third-order valence-electron chi connectivity index (χ3n) is 3.63. The number of benzene rings is 1. The Hall–Kier alpha value is -1.56. The van der Waals surface area contributed by atoms with Crippen molar-refractivity contribution in [2.75, 3.05) is 12.4 Å². The highest BCUT2D eigenvalue weighted by atomic mass is 79.9. The van der Waals surface area contributed by atoms with E-state index in [-0.39, 0.29) is 28.7 Å². The van der Waals surface area contributed by atoms with Gasteiger partial charge in [0.1, 0.15) is 0 Å². The van der Waals surface area contributed by atoms with Crippen molar-refractivity contribution in [3.63, 3.8) is 0 Å². The number of carboxylic acid groups (broad SMARTS) is 1. The second-order valence-corrected chi connectivity index (χ2v) is 6.90. The molecule has 0 saturated heterocycles. The normalized spacial score (nSPS) is 12.7. The average molecular weight is 357 g/mol. The van der Waals surface area contributed by atoms with Crippen LogP contribution in [-0.2, 0) is 0 Å². The van der Waals surface area contributed by atoms with Crippen molar-refractivity contribution in [3.05, 3.63) is 28.2 Å². The number of halogens is 1. The van der Waals surface area contributed by atoms with Crippen LogP contribution in [0.3, 0.4) is 0 Å². The molecule has 0 radical (unpaired) electrons. The molecule has 0 aromatic heterocycles. The lowest BCUT2D eigenvalue weighted by molar-refractivity contribution is 0.0698. The smallest absolute Gasteiger partial charge is 0.337 e. The molecule has 116 valence electrons. The van der Waals surface area contributed by atoms with Gasteiger partial charge in [0.2, 0.25) is 0 Å². The van der Waals surface area contributed by atoms with E-state index in [1.165, 1.54) is 6.07 Å². The summed E-state index contributed by atoms with van der Waals surface area (Å²) < 4.78 is 0.535. The number of carbonyl (C=O) groups is 2. The van der Waals surface area contributed by atoms with E-state index in [2.05, 4.69) is 21.2 Å². The van der Waals surface area contributed by atoms with Crippen LogP contribution in [0, 0.1) is 5.41 Å². The van der Waals surface area contributed by atoms with Crippen molar-refractivity contribution in [2.24, 2.45) is 5.41 Å². The topological polar surface area (TPSA) is 69.6 Å². The van der Waals surface area contributed by atoms with E-state index in [9.17, 15) is 14.7 Å². The van der Waals surface area contributed by atoms with Crippen LogP contribution >= 0.6 is 15.9 Å². The summed E-state index contributed by atoms with van der Waals surface area (Å²) in [7, 11) is 1.70. The summed E-state index contributed by atoms with van der Waals surface area (Å²) in [5.74, 6) is -1.09. The van der Waals surface area contributed by atoms with Crippen molar-refractivity contribution < 1.29 is 14.7 Å². The number of urea groups is 1. The summed E-state index contributed by atoms with van der Waals surface area (Å²) in [6, 6.07) is 4.41. The van der Waals surface area contributed by atoms with E-state index < -0.39 is 5.97 Å². The van der Waals surface area contributed by atoms with E-state index in [0.717, 1.165) is 0 Å². The van der Waals surface area contributed by atoms with Gasteiger partial charge in [-0.15, -0.1) is 0 Å². The number of rotatable bonds is 3. The number of aromatic carboxylic acids is 1. The van der Waals surface area contributed by atoms with Gasteiger partial charge in [0.25, 0.3) is 0 Å². The van der Waals surface area contributed by atoms with Gasteiger partial charge in [-0.25, -0.2) is 9.59 Å². The summed E-state index contributed by atoms with van der Waals surface area (Å²) in [4.78, 5) is 25.1. The molecule has 0 saturated carbocycles. The number of anilines is 1. The number of carbonyl (C=O) groups excluding carboxylic acids is 1. The molecule has 5 nitrogen and oxygen atoms in total. The molecular weight excluding hydrogens is 336 g/mol. The maximum absolute atomic E-state index is 12.3. The minimum absolute atomic E-state index is 0.00624. The molecule has 6 heteroatoms. The molecule has 0 aliphatic rings. The Morgan fingerprint density at radius 2 is 1.90 bits per heavy atom. The summed E-state index contributed by atoms with van der Waals surface area (Å²) in [6.07, 6.45) is 0. The van der Waals surface area contributed by atoms with Gasteiger partial charge in [0.05, 0.1) is 11.3 Å². The van der Waals surface area contributed by atoms with E-state index >= 15 is 0 Å². The maximum Gasteiger partial charge on any atom is 0.337 e. The summed E-state index contributed by atoms with van der Waals surface area (Å²) in [5.41, 5.74) is 0.243. The molecule has 0 fully saturated rings. The molecule has 2 N–H and O–H groups in total. The van der Waals surface area contributed by atoms with Gasteiger partial charge in [-0.1, -0.05) is 26.8 Å². The first-order chi connectivity index (χ1) is 9.55. The lowest BCUT2D eigenvalue weighted by Gasteiger charge is -2.35. The Balaban J connectivity index is 3.02. The molecule has 1 rings (SSSR count). The number of para-hydroxylation sites is 1. The predicted octanol–water partition coefficient (Wildman–Crippen LogP) is 4.05. The number of nitrogens with zero attached hydrogens (tertiary/aromatic N) is 1. The van der Waals surface area contributed by atoms with Gasteiger partial charge in [-0.05, 0) is 40.4 Å². The molecule has 2 amide bonds. The Morgan fingerprint density at radius 3 is 2.38 bits per heavy atom. The van der Waals surface area contributed by atoms with Gasteiger partial charge in [-0.3, -0.25) is 0 Å². The predicted molar refractivity (Wildman–Crippen MR) is 86.8 cm³/mol. The first kappa shape index (κ1) is 17.5. The van der Waals surface area contributed by atoms with Crippen LogP contribution < -0.4 is 5.32 Å². The molecule has 1 aromatic carbocycles. The van der Waals surface area contributed by atoms with Crippen LogP contribution in [-0.4, -0.2) is 35.1 Å². The zero-order chi connectivity index (χ0) is 16.4. The van der Waals surface area contributed by atoms with Crippen LogP contribution in [0.5, 0.6) is 0 Å². The fraction of sp³-hybridized carbons (Fsp3) is 0.467. The van der Waals surface area contributed by atoms with Gasteiger partial charge < -0.3 is 15.3 Å². The van der Waals surface area contributed by atoms with Crippen LogP contribution in [0.2, 0.25) is 0 Å². The molecule has 1 atom stereocenters. The maximum atomic E-state index is 12.3. The second-order valence-electron chi connectivity index (χ2n) is 6.05. The Kier molecular flexibility index (Phi) is 5.39. The number of hydrogen-bond acceptors (Lipinski definition) is 2. The number of nitrogens with one attached hydrogen (secondary N) is 1. The number of hydrogen-bond donors (Lipinski definition) is 2. The van der Waals surface area contributed by atoms with E-state index in [4.69, 9.17) is 0 Å². The van der Waals surface area contributed by atoms with Crippen LogP contribution in [0.15, 0.2) is 22.7 Å².